The predicted molar refractivity (Wildman–Crippen MR) is 80.2 cm³/mol. The number of aliphatic hydroxyl groups excluding tert-OH is 1. The van der Waals surface area contributed by atoms with Crippen LogP contribution in [0.15, 0.2) is 47.7 Å². The van der Waals surface area contributed by atoms with E-state index in [2.05, 4.69) is 11.7 Å². The first-order valence-corrected chi connectivity index (χ1v) is 6.86. The van der Waals surface area contributed by atoms with Crippen molar-refractivity contribution in [2.24, 2.45) is 5.73 Å². The predicted octanol–water partition coefficient (Wildman–Crippen LogP) is 3.08. The normalized spacial score (nSPS) is 18.8. The Morgan fingerprint density at radius 1 is 1.30 bits per heavy atom. The second-order valence-corrected chi connectivity index (χ2v) is 4.90. The minimum atomic E-state index is -0.612. The van der Waals surface area contributed by atoms with Crippen LogP contribution in [0, 0.1) is 0 Å². The van der Waals surface area contributed by atoms with Crippen molar-refractivity contribution in [2.75, 3.05) is 0 Å². The smallest absolute Gasteiger partial charge is 0.316 e. The molecule has 1 aliphatic rings. The van der Waals surface area contributed by atoms with Gasteiger partial charge in [0.15, 0.2) is 0 Å². The summed E-state index contributed by atoms with van der Waals surface area (Å²) in [5.41, 5.74) is 18.1. The Morgan fingerprint density at radius 3 is 2.60 bits per heavy atom. The van der Waals surface area contributed by atoms with Crippen molar-refractivity contribution in [1.82, 2.24) is 0 Å². The van der Waals surface area contributed by atoms with E-state index in [9.17, 15) is 10.6 Å². The van der Waals surface area contributed by atoms with Gasteiger partial charge in [-0.05, 0) is 24.5 Å². The number of hydrogen-bond acceptors (Lipinski definition) is 2. The van der Waals surface area contributed by atoms with Crippen molar-refractivity contribution in [3.05, 3.63) is 58.8 Å². The van der Waals surface area contributed by atoms with Crippen molar-refractivity contribution < 1.29 is 9.90 Å². The lowest BCUT2D eigenvalue weighted by Gasteiger charge is -2.20. The van der Waals surface area contributed by atoms with Crippen molar-refractivity contribution >= 4 is 11.3 Å². The molecule has 0 aromatic heterocycles. The zero-order chi connectivity index (χ0) is 14.5. The molecule has 1 aromatic rings. The largest absolute Gasteiger partial charge is 0.508 e. The topological polar surface area (TPSA) is 82.7 Å². The summed E-state index contributed by atoms with van der Waals surface area (Å²) in [5, 5.41) is 10.3. The van der Waals surface area contributed by atoms with Gasteiger partial charge in [0.25, 0.3) is 0 Å². The van der Waals surface area contributed by atoms with E-state index >= 15 is 0 Å². The summed E-state index contributed by atoms with van der Waals surface area (Å²) in [6, 6.07) is 8.82. The fourth-order valence-electron chi connectivity index (χ4n) is 2.45. The lowest BCUT2D eigenvalue weighted by Crippen LogP contribution is -2.37. The van der Waals surface area contributed by atoms with Crippen molar-refractivity contribution in [3.8, 4) is 0 Å². The van der Waals surface area contributed by atoms with Gasteiger partial charge in [-0.3, -0.25) is 0 Å². The van der Waals surface area contributed by atoms with Crippen LogP contribution >= 0.6 is 0 Å². The van der Waals surface area contributed by atoms with Gasteiger partial charge in [-0.15, -0.1) is 0 Å². The minimum Gasteiger partial charge on any atom is -0.508 e. The molecule has 0 spiro atoms. The summed E-state index contributed by atoms with van der Waals surface area (Å²) in [5.74, 6) is 0.155. The lowest BCUT2D eigenvalue weighted by molar-refractivity contribution is -0.00791. The number of nitrogens with zero attached hydrogens (tertiary/aromatic N) is 2. The van der Waals surface area contributed by atoms with Gasteiger partial charge >= 0.3 is 5.71 Å². The number of allylic oxidation sites excluding steroid dienone is 1. The van der Waals surface area contributed by atoms with Gasteiger partial charge < -0.3 is 16.4 Å². The van der Waals surface area contributed by atoms with Crippen LogP contribution in [-0.2, 0) is 0 Å². The van der Waals surface area contributed by atoms with Crippen LogP contribution in [0.4, 0.5) is 0 Å². The van der Waals surface area contributed by atoms with E-state index in [4.69, 9.17) is 5.73 Å². The summed E-state index contributed by atoms with van der Waals surface area (Å²) in [7, 11) is 0. The highest BCUT2D eigenvalue weighted by atomic mass is 16.3. The summed E-state index contributed by atoms with van der Waals surface area (Å²) < 4.78 is 0. The zero-order valence-electron chi connectivity index (χ0n) is 11.6. The summed E-state index contributed by atoms with van der Waals surface area (Å²) in [6.45, 7) is 2.09. The molecule has 0 fully saturated rings. The van der Waals surface area contributed by atoms with Gasteiger partial charge in [-0.25, -0.2) is 0 Å². The Balaban J connectivity index is 2.47. The number of nitrogens with two attached hydrogens (primary N) is 1. The summed E-state index contributed by atoms with van der Waals surface area (Å²) >= 11 is 0. The molecule has 0 saturated carbocycles. The highest BCUT2D eigenvalue weighted by Gasteiger charge is 2.33. The molecule has 20 heavy (non-hydrogen) atoms. The van der Waals surface area contributed by atoms with Gasteiger partial charge in [0.05, 0.1) is 0 Å². The molecule has 0 heterocycles. The molecule has 4 nitrogen and oxygen atoms in total. The van der Waals surface area contributed by atoms with Crippen molar-refractivity contribution in [3.63, 3.8) is 0 Å². The molecular formula is C16H19N3O. The summed E-state index contributed by atoms with van der Waals surface area (Å²) in [4.78, 5) is 3.35. The maximum absolute atomic E-state index is 10.3. The van der Waals surface area contributed by atoms with Crippen LogP contribution in [0.2, 0.25) is 0 Å². The molecule has 1 aliphatic carbocycles. The minimum absolute atomic E-state index is 0.155. The Kier molecular flexibility index (Phi) is 4.51. The van der Waals surface area contributed by atoms with E-state index in [-0.39, 0.29) is 5.76 Å². The number of aliphatic hydroxyl groups is 1. The average molecular weight is 269 g/mol. The van der Waals surface area contributed by atoms with Crippen LogP contribution < -0.4 is 5.73 Å². The Labute approximate surface area is 118 Å². The van der Waals surface area contributed by atoms with E-state index in [0.29, 0.717) is 11.3 Å². The molecule has 0 bridgehead atoms. The molecule has 1 aromatic carbocycles. The van der Waals surface area contributed by atoms with Gasteiger partial charge in [-0.2, -0.15) is 4.79 Å². The van der Waals surface area contributed by atoms with Crippen molar-refractivity contribution in [1.29, 1.82) is 0 Å². The first-order valence-electron chi connectivity index (χ1n) is 6.86. The molecule has 4 heteroatoms. The molecule has 0 amide bonds. The average Bonchev–Trinajstić information content (AvgIpc) is 2.46. The molecule has 2 rings (SSSR count). The van der Waals surface area contributed by atoms with Crippen LogP contribution in [0.25, 0.3) is 11.1 Å². The molecule has 0 radical (unpaired) electrons. The van der Waals surface area contributed by atoms with Crippen LogP contribution in [0.1, 0.15) is 31.7 Å². The van der Waals surface area contributed by atoms with E-state index in [1.165, 1.54) is 0 Å². The van der Waals surface area contributed by atoms with E-state index < -0.39 is 6.04 Å². The molecule has 104 valence electrons. The molecular weight excluding hydrogens is 250 g/mol. The third kappa shape index (κ3) is 2.72. The SMILES string of the molecule is CCCCC1=CC(O)=C(c2ccccc2)C(N)C1=[N+]=[N-]. The Morgan fingerprint density at radius 2 is 2.00 bits per heavy atom. The highest BCUT2D eigenvalue weighted by Crippen LogP contribution is 2.29. The number of rotatable bonds is 4. The second-order valence-electron chi connectivity index (χ2n) is 4.90. The van der Waals surface area contributed by atoms with Gasteiger partial charge in [0.1, 0.15) is 11.8 Å². The Bertz CT molecular complexity index is 595. The molecule has 0 aliphatic heterocycles. The fourth-order valence-corrected chi connectivity index (χ4v) is 2.45. The lowest BCUT2D eigenvalue weighted by atomic mass is 9.85. The van der Waals surface area contributed by atoms with E-state index in [0.717, 1.165) is 30.4 Å². The Hall–Kier alpha value is -2.16. The first-order chi connectivity index (χ1) is 9.69. The zero-order valence-corrected chi connectivity index (χ0v) is 11.6. The maximum Gasteiger partial charge on any atom is 0.316 e. The van der Waals surface area contributed by atoms with Gasteiger partial charge in [0, 0.05) is 11.1 Å². The molecule has 3 N–H and O–H groups in total. The third-order valence-electron chi connectivity index (χ3n) is 3.51. The monoisotopic (exact) mass is 269 g/mol. The maximum atomic E-state index is 10.3. The third-order valence-corrected chi connectivity index (χ3v) is 3.51. The quantitative estimate of drug-likeness (QED) is 0.650. The summed E-state index contributed by atoms with van der Waals surface area (Å²) in [6.07, 6.45) is 4.40. The molecule has 1 atom stereocenters. The number of benzene rings is 1. The molecule has 1 unspecified atom stereocenters. The van der Waals surface area contributed by atoms with Crippen molar-refractivity contribution in [2.45, 2.75) is 32.2 Å². The van der Waals surface area contributed by atoms with E-state index in [1.54, 1.807) is 6.08 Å². The van der Waals surface area contributed by atoms with Crippen LogP contribution in [-0.4, -0.2) is 21.6 Å². The van der Waals surface area contributed by atoms with Crippen LogP contribution in [0.3, 0.4) is 0 Å². The molecule has 0 saturated heterocycles. The van der Waals surface area contributed by atoms with Gasteiger partial charge in [0.2, 0.25) is 0 Å². The number of unbranched alkanes of at least 4 members (excludes halogenated alkanes) is 1. The standard InChI is InChI=1S/C16H19N3O/c1-2-3-7-12-10-13(20)14(15(17)16(12)19-18)11-8-5-4-6-9-11/h4-6,8-10,15,20H,2-3,7,17H2,1H3. The van der Waals surface area contributed by atoms with Crippen LogP contribution in [0.5, 0.6) is 0 Å². The second kappa shape index (κ2) is 6.33. The van der Waals surface area contributed by atoms with E-state index in [1.807, 2.05) is 30.3 Å². The highest BCUT2D eigenvalue weighted by molar-refractivity contribution is 6.10. The fraction of sp³-hybridized carbons (Fsp3) is 0.312. The van der Waals surface area contributed by atoms with Gasteiger partial charge in [-0.1, -0.05) is 43.7 Å². The first kappa shape index (κ1) is 14.3. The number of hydrogen-bond donors (Lipinski definition) is 2.